The number of nitrogens with one attached hydrogen (secondary N) is 2. The van der Waals surface area contributed by atoms with E-state index >= 15 is 0 Å². The molecular formula is C13H16ClFN2O. The number of carbonyl (C=O) groups is 1. The number of hydrogen-bond donors (Lipinski definition) is 2. The van der Waals surface area contributed by atoms with E-state index in [-0.39, 0.29) is 11.6 Å². The molecule has 1 saturated heterocycles. The standard InChI is InChI=1S/C13H16ClFN2O/c14-10-1-2-12(11(15)8-10)17-13(18)7-9-3-5-16-6-4-9/h1-2,8-9,16H,3-7H2,(H,17,18). The molecule has 1 amide bonds. The first-order chi connectivity index (χ1) is 8.65. The molecule has 0 radical (unpaired) electrons. The summed E-state index contributed by atoms with van der Waals surface area (Å²) in [7, 11) is 0. The van der Waals surface area contributed by atoms with Gasteiger partial charge >= 0.3 is 0 Å². The highest BCUT2D eigenvalue weighted by molar-refractivity contribution is 6.30. The molecular weight excluding hydrogens is 255 g/mol. The number of anilines is 1. The van der Waals surface area contributed by atoms with Gasteiger partial charge in [0.1, 0.15) is 5.82 Å². The van der Waals surface area contributed by atoms with Crippen molar-refractivity contribution in [3.05, 3.63) is 29.0 Å². The van der Waals surface area contributed by atoms with Gasteiger partial charge in [-0.3, -0.25) is 4.79 Å². The van der Waals surface area contributed by atoms with E-state index in [1.807, 2.05) is 0 Å². The molecule has 2 rings (SSSR count). The Morgan fingerprint density at radius 1 is 1.44 bits per heavy atom. The molecule has 18 heavy (non-hydrogen) atoms. The quantitative estimate of drug-likeness (QED) is 0.887. The van der Waals surface area contributed by atoms with Crippen LogP contribution in [0.5, 0.6) is 0 Å². The van der Waals surface area contributed by atoms with Crippen LogP contribution in [0, 0.1) is 11.7 Å². The first-order valence-corrected chi connectivity index (χ1v) is 6.48. The number of amides is 1. The maximum absolute atomic E-state index is 13.5. The van der Waals surface area contributed by atoms with E-state index in [9.17, 15) is 9.18 Å². The van der Waals surface area contributed by atoms with Crippen LogP contribution < -0.4 is 10.6 Å². The molecule has 0 unspecified atom stereocenters. The molecule has 0 saturated carbocycles. The Morgan fingerprint density at radius 2 is 2.17 bits per heavy atom. The number of rotatable bonds is 3. The minimum atomic E-state index is -0.499. The Labute approximate surface area is 111 Å². The fourth-order valence-electron chi connectivity index (χ4n) is 2.14. The van der Waals surface area contributed by atoms with Gasteiger partial charge in [0.15, 0.2) is 0 Å². The van der Waals surface area contributed by atoms with Crippen molar-refractivity contribution in [2.45, 2.75) is 19.3 Å². The molecule has 1 aromatic carbocycles. The monoisotopic (exact) mass is 270 g/mol. The van der Waals surface area contributed by atoms with E-state index in [1.165, 1.54) is 12.1 Å². The summed E-state index contributed by atoms with van der Waals surface area (Å²) in [6.07, 6.45) is 2.44. The van der Waals surface area contributed by atoms with E-state index < -0.39 is 5.82 Å². The van der Waals surface area contributed by atoms with Gasteiger partial charge in [0.25, 0.3) is 0 Å². The minimum Gasteiger partial charge on any atom is -0.324 e. The lowest BCUT2D eigenvalue weighted by atomic mass is 9.94. The maximum atomic E-state index is 13.5. The fraction of sp³-hybridized carbons (Fsp3) is 0.462. The summed E-state index contributed by atoms with van der Waals surface area (Å²) in [5, 5.41) is 6.16. The Bertz CT molecular complexity index is 433. The molecule has 1 aliphatic rings. The van der Waals surface area contributed by atoms with Gasteiger partial charge in [-0.2, -0.15) is 0 Å². The van der Waals surface area contributed by atoms with Gasteiger partial charge in [-0.25, -0.2) is 4.39 Å². The summed E-state index contributed by atoms with van der Waals surface area (Å²) in [4.78, 5) is 11.8. The number of halogens is 2. The third kappa shape index (κ3) is 3.68. The molecule has 2 N–H and O–H groups in total. The second-order valence-electron chi connectivity index (χ2n) is 4.57. The van der Waals surface area contributed by atoms with Gasteiger partial charge in [0.05, 0.1) is 5.69 Å². The molecule has 0 bridgehead atoms. The lowest BCUT2D eigenvalue weighted by Gasteiger charge is -2.21. The largest absolute Gasteiger partial charge is 0.324 e. The van der Waals surface area contributed by atoms with E-state index in [0.717, 1.165) is 25.9 Å². The van der Waals surface area contributed by atoms with Crippen molar-refractivity contribution in [2.24, 2.45) is 5.92 Å². The van der Waals surface area contributed by atoms with Crippen LogP contribution in [0.25, 0.3) is 0 Å². The zero-order valence-corrected chi connectivity index (χ0v) is 10.8. The number of benzene rings is 1. The highest BCUT2D eigenvalue weighted by Gasteiger charge is 2.17. The highest BCUT2D eigenvalue weighted by Crippen LogP contribution is 2.21. The molecule has 5 heteroatoms. The van der Waals surface area contributed by atoms with Crippen molar-refractivity contribution < 1.29 is 9.18 Å². The highest BCUT2D eigenvalue weighted by atomic mass is 35.5. The van der Waals surface area contributed by atoms with Gasteiger partial charge in [-0.1, -0.05) is 11.6 Å². The number of carbonyl (C=O) groups excluding carboxylic acids is 1. The van der Waals surface area contributed by atoms with Crippen LogP contribution in [0.3, 0.4) is 0 Å². The van der Waals surface area contributed by atoms with E-state index in [0.29, 0.717) is 17.4 Å². The average molecular weight is 271 g/mol. The van der Waals surface area contributed by atoms with Crippen molar-refractivity contribution in [3.8, 4) is 0 Å². The first kappa shape index (κ1) is 13.3. The molecule has 0 spiro atoms. The second kappa shape index (κ2) is 6.16. The number of piperidine rings is 1. The molecule has 1 fully saturated rings. The zero-order valence-electron chi connectivity index (χ0n) is 10.0. The summed E-state index contributed by atoms with van der Waals surface area (Å²) in [5.74, 6) is -0.245. The van der Waals surface area contributed by atoms with Crippen LogP contribution >= 0.6 is 11.6 Å². The Hall–Kier alpha value is -1.13. The predicted octanol–water partition coefficient (Wildman–Crippen LogP) is 2.81. The van der Waals surface area contributed by atoms with Crippen LogP contribution in [-0.4, -0.2) is 19.0 Å². The number of hydrogen-bond acceptors (Lipinski definition) is 2. The van der Waals surface area contributed by atoms with Crippen LogP contribution in [0.1, 0.15) is 19.3 Å². The van der Waals surface area contributed by atoms with E-state index in [2.05, 4.69) is 10.6 Å². The molecule has 3 nitrogen and oxygen atoms in total. The molecule has 98 valence electrons. The maximum Gasteiger partial charge on any atom is 0.224 e. The van der Waals surface area contributed by atoms with Gasteiger partial charge in [-0.05, 0) is 50.0 Å². The topological polar surface area (TPSA) is 41.1 Å². The third-order valence-electron chi connectivity index (χ3n) is 3.14. The van der Waals surface area contributed by atoms with Crippen molar-refractivity contribution >= 4 is 23.2 Å². The summed E-state index contributed by atoms with van der Waals surface area (Å²) >= 11 is 5.65. The summed E-state index contributed by atoms with van der Waals surface area (Å²) in [5.41, 5.74) is 0.193. The zero-order chi connectivity index (χ0) is 13.0. The van der Waals surface area contributed by atoms with Gasteiger partial charge < -0.3 is 10.6 Å². The van der Waals surface area contributed by atoms with Crippen LogP contribution in [0.2, 0.25) is 5.02 Å². The lowest BCUT2D eigenvalue weighted by molar-refractivity contribution is -0.117. The normalized spacial score (nSPS) is 16.6. The third-order valence-corrected chi connectivity index (χ3v) is 3.37. The van der Waals surface area contributed by atoms with Gasteiger partial charge in [0, 0.05) is 11.4 Å². The second-order valence-corrected chi connectivity index (χ2v) is 5.01. The van der Waals surface area contributed by atoms with Crippen LogP contribution in [0.15, 0.2) is 18.2 Å². The fourth-order valence-corrected chi connectivity index (χ4v) is 2.30. The molecule has 1 aliphatic heterocycles. The Balaban J connectivity index is 1.90. The first-order valence-electron chi connectivity index (χ1n) is 6.11. The lowest BCUT2D eigenvalue weighted by Crippen LogP contribution is -2.30. The average Bonchev–Trinajstić information content (AvgIpc) is 2.34. The molecule has 0 aliphatic carbocycles. The Kier molecular flexibility index (Phi) is 4.55. The minimum absolute atomic E-state index is 0.136. The van der Waals surface area contributed by atoms with Crippen molar-refractivity contribution in [3.63, 3.8) is 0 Å². The summed E-state index contributed by atoms with van der Waals surface area (Å²) < 4.78 is 13.5. The molecule has 1 heterocycles. The SMILES string of the molecule is O=C(CC1CCNCC1)Nc1ccc(Cl)cc1F. The molecule has 0 aromatic heterocycles. The molecule has 0 atom stereocenters. The molecule has 1 aromatic rings. The van der Waals surface area contributed by atoms with Crippen molar-refractivity contribution in [1.29, 1.82) is 0 Å². The van der Waals surface area contributed by atoms with Crippen LogP contribution in [0.4, 0.5) is 10.1 Å². The smallest absolute Gasteiger partial charge is 0.224 e. The summed E-state index contributed by atoms with van der Waals surface area (Å²) in [6, 6.07) is 4.24. The van der Waals surface area contributed by atoms with Crippen molar-refractivity contribution in [1.82, 2.24) is 5.32 Å². The summed E-state index contributed by atoms with van der Waals surface area (Å²) in [6.45, 7) is 1.90. The van der Waals surface area contributed by atoms with Crippen molar-refractivity contribution in [2.75, 3.05) is 18.4 Å². The van der Waals surface area contributed by atoms with Gasteiger partial charge in [0.2, 0.25) is 5.91 Å². The van der Waals surface area contributed by atoms with E-state index in [1.54, 1.807) is 6.07 Å². The Morgan fingerprint density at radius 3 is 2.83 bits per heavy atom. The van der Waals surface area contributed by atoms with E-state index in [4.69, 9.17) is 11.6 Å². The van der Waals surface area contributed by atoms with Gasteiger partial charge in [-0.15, -0.1) is 0 Å². The predicted molar refractivity (Wildman–Crippen MR) is 70.3 cm³/mol. The van der Waals surface area contributed by atoms with Crippen LogP contribution in [-0.2, 0) is 4.79 Å².